The summed E-state index contributed by atoms with van der Waals surface area (Å²) in [6.45, 7) is 3.95. The maximum Gasteiger partial charge on any atom is 0.194 e. The van der Waals surface area contributed by atoms with Crippen LogP contribution in [0.15, 0.2) is 53.9 Å². The van der Waals surface area contributed by atoms with Crippen LogP contribution in [-0.2, 0) is 0 Å². The van der Waals surface area contributed by atoms with E-state index in [1.54, 1.807) is 11.3 Å². The van der Waals surface area contributed by atoms with Crippen molar-refractivity contribution >= 4 is 27.2 Å². The number of benzene rings is 2. The molecule has 3 rings (SSSR count). The van der Waals surface area contributed by atoms with Gasteiger partial charge in [-0.1, -0.05) is 30.3 Å². The van der Waals surface area contributed by atoms with Crippen LogP contribution in [0.4, 0.5) is 0 Å². The minimum Gasteiger partial charge on any atom is -0.491 e. The van der Waals surface area contributed by atoms with Crippen LogP contribution >= 0.6 is 11.3 Å². The van der Waals surface area contributed by atoms with Gasteiger partial charge in [-0.3, -0.25) is 4.79 Å². The maximum absolute atomic E-state index is 12.7. The van der Waals surface area contributed by atoms with Gasteiger partial charge in [-0.15, -0.1) is 11.3 Å². The summed E-state index contributed by atoms with van der Waals surface area (Å²) < 4.78 is 6.79. The average Bonchev–Trinajstić information content (AvgIpc) is 2.90. The summed E-state index contributed by atoms with van der Waals surface area (Å²) in [6, 6.07) is 15.4. The van der Waals surface area contributed by atoms with Crippen LogP contribution < -0.4 is 4.74 Å². The lowest BCUT2D eigenvalue weighted by Gasteiger charge is -2.10. The van der Waals surface area contributed by atoms with Crippen LogP contribution in [0.5, 0.6) is 5.75 Å². The summed E-state index contributed by atoms with van der Waals surface area (Å²) in [6.07, 6.45) is 0.0947. The summed E-state index contributed by atoms with van der Waals surface area (Å²) in [5, 5.41) is 2.95. The van der Waals surface area contributed by atoms with Gasteiger partial charge in [-0.05, 0) is 32.0 Å². The number of rotatable bonds is 4. The lowest BCUT2D eigenvalue weighted by atomic mass is 10.0. The van der Waals surface area contributed by atoms with Gasteiger partial charge in [0.2, 0.25) is 0 Å². The number of hydrogen-bond acceptors (Lipinski definition) is 3. The van der Waals surface area contributed by atoms with Crippen LogP contribution in [0.1, 0.15) is 29.8 Å². The summed E-state index contributed by atoms with van der Waals surface area (Å²) in [5.74, 6) is 0.775. The minimum absolute atomic E-state index is 0.0432. The van der Waals surface area contributed by atoms with Gasteiger partial charge in [-0.2, -0.15) is 0 Å². The van der Waals surface area contributed by atoms with Crippen molar-refractivity contribution in [1.29, 1.82) is 0 Å². The highest BCUT2D eigenvalue weighted by Crippen LogP contribution is 2.28. The molecule has 0 radical (unpaired) electrons. The molecule has 3 aromatic rings. The Morgan fingerprint density at radius 2 is 1.90 bits per heavy atom. The van der Waals surface area contributed by atoms with E-state index in [1.807, 2.05) is 67.8 Å². The van der Waals surface area contributed by atoms with Gasteiger partial charge in [0.1, 0.15) is 5.75 Å². The molecular weight excluding hydrogens is 280 g/mol. The summed E-state index contributed by atoms with van der Waals surface area (Å²) >= 11 is 1.60. The van der Waals surface area contributed by atoms with Crippen molar-refractivity contribution in [3.05, 3.63) is 65.0 Å². The summed E-state index contributed by atoms with van der Waals surface area (Å²) in [5.41, 5.74) is 1.43. The number of thiophene rings is 1. The zero-order chi connectivity index (χ0) is 14.8. The molecule has 1 heterocycles. The van der Waals surface area contributed by atoms with Crippen LogP contribution in [0.25, 0.3) is 10.1 Å². The molecule has 0 N–H and O–H groups in total. The zero-order valence-electron chi connectivity index (χ0n) is 12.0. The normalized spacial score (nSPS) is 11.0. The number of carbonyl (C=O) groups excluding carboxylic acids is 1. The van der Waals surface area contributed by atoms with Gasteiger partial charge in [0.15, 0.2) is 5.78 Å². The molecule has 0 saturated heterocycles. The Labute approximate surface area is 128 Å². The predicted molar refractivity (Wildman–Crippen MR) is 87.5 cm³/mol. The van der Waals surface area contributed by atoms with Crippen molar-refractivity contribution in [2.24, 2.45) is 0 Å². The van der Waals surface area contributed by atoms with Crippen molar-refractivity contribution in [2.45, 2.75) is 20.0 Å². The molecule has 0 fully saturated rings. The van der Waals surface area contributed by atoms with Crippen LogP contribution in [-0.4, -0.2) is 11.9 Å². The van der Waals surface area contributed by atoms with Gasteiger partial charge in [-0.25, -0.2) is 0 Å². The van der Waals surface area contributed by atoms with Crippen molar-refractivity contribution in [3.63, 3.8) is 0 Å². The fourth-order valence-corrected chi connectivity index (χ4v) is 3.23. The van der Waals surface area contributed by atoms with Crippen molar-refractivity contribution in [2.75, 3.05) is 0 Å². The number of fused-ring (bicyclic) bond motifs is 1. The van der Waals surface area contributed by atoms with E-state index >= 15 is 0 Å². The predicted octanol–water partition coefficient (Wildman–Crippen LogP) is 4.92. The highest BCUT2D eigenvalue weighted by Gasteiger charge is 2.14. The third kappa shape index (κ3) is 2.83. The van der Waals surface area contributed by atoms with Crippen molar-refractivity contribution < 1.29 is 9.53 Å². The van der Waals surface area contributed by atoms with E-state index in [0.29, 0.717) is 5.56 Å². The molecule has 0 aliphatic carbocycles. The summed E-state index contributed by atoms with van der Waals surface area (Å²) in [7, 11) is 0. The third-order valence-corrected chi connectivity index (χ3v) is 4.16. The Morgan fingerprint density at radius 1 is 1.10 bits per heavy atom. The van der Waals surface area contributed by atoms with E-state index in [9.17, 15) is 4.79 Å². The molecule has 1 aromatic heterocycles. The van der Waals surface area contributed by atoms with Crippen LogP contribution in [0.2, 0.25) is 0 Å². The Balaban J connectivity index is 1.98. The first kappa shape index (κ1) is 13.8. The van der Waals surface area contributed by atoms with Gasteiger partial charge in [0.05, 0.1) is 6.10 Å². The Bertz CT molecular complexity index is 787. The number of ether oxygens (including phenoxy) is 1. The fraction of sp³-hybridized carbons (Fsp3) is 0.167. The second-order valence-corrected chi connectivity index (χ2v) is 6.08. The molecule has 3 heteroatoms. The maximum atomic E-state index is 12.7. The molecule has 0 aliphatic rings. The molecule has 0 bridgehead atoms. The Hall–Kier alpha value is -2.13. The van der Waals surface area contributed by atoms with Crippen LogP contribution in [0, 0.1) is 0 Å². The quantitative estimate of drug-likeness (QED) is 0.639. The second-order valence-electron chi connectivity index (χ2n) is 5.17. The lowest BCUT2D eigenvalue weighted by molar-refractivity contribution is 0.104. The minimum atomic E-state index is 0.0432. The SMILES string of the molecule is CC(C)Oc1cccc(C(=O)c2csc3ccccc23)c1. The smallest absolute Gasteiger partial charge is 0.194 e. The van der Waals surface area contributed by atoms with E-state index < -0.39 is 0 Å². The van der Waals surface area contributed by atoms with E-state index in [2.05, 4.69) is 0 Å². The Kier molecular flexibility index (Phi) is 3.76. The first-order valence-corrected chi connectivity index (χ1v) is 7.81. The first-order chi connectivity index (χ1) is 10.1. The molecule has 0 atom stereocenters. The van der Waals surface area contributed by atoms with E-state index in [-0.39, 0.29) is 11.9 Å². The molecule has 106 valence electrons. The number of carbonyl (C=O) groups is 1. The van der Waals surface area contributed by atoms with Gasteiger partial charge >= 0.3 is 0 Å². The molecule has 2 aromatic carbocycles. The molecule has 21 heavy (non-hydrogen) atoms. The Morgan fingerprint density at radius 3 is 2.71 bits per heavy atom. The van der Waals surface area contributed by atoms with Crippen molar-refractivity contribution in [1.82, 2.24) is 0 Å². The van der Waals surface area contributed by atoms with Crippen LogP contribution in [0.3, 0.4) is 0 Å². The highest BCUT2D eigenvalue weighted by molar-refractivity contribution is 7.17. The largest absolute Gasteiger partial charge is 0.491 e. The second kappa shape index (κ2) is 5.70. The molecular formula is C18H16O2S. The third-order valence-electron chi connectivity index (χ3n) is 3.19. The fourth-order valence-electron chi connectivity index (χ4n) is 2.29. The first-order valence-electron chi connectivity index (χ1n) is 6.93. The van der Waals surface area contributed by atoms with Crippen molar-refractivity contribution in [3.8, 4) is 5.75 Å². The average molecular weight is 296 g/mol. The number of ketones is 1. The van der Waals surface area contributed by atoms with E-state index in [0.717, 1.165) is 21.4 Å². The molecule has 0 unspecified atom stereocenters. The molecule has 0 saturated carbocycles. The monoisotopic (exact) mass is 296 g/mol. The highest BCUT2D eigenvalue weighted by atomic mass is 32.1. The summed E-state index contributed by atoms with van der Waals surface area (Å²) in [4.78, 5) is 12.7. The number of hydrogen-bond donors (Lipinski definition) is 0. The van der Waals surface area contributed by atoms with E-state index in [4.69, 9.17) is 4.74 Å². The zero-order valence-corrected chi connectivity index (χ0v) is 12.8. The molecule has 0 aliphatic heterocycles. The standard InChI is InChI=1S/C18H16O2S/c1-12(2)20-14-7-5-6-13(10-14)18(19)16-11-21-17-9-4-3-8-15(16)17/h3-12H,1-2H3. The van der Waals surface area contributed by atoms with E-state index in [1.165, 1.54) is 0 Å². The lowest BCUT2D eigenvalue weighted by Crippen LogP contribution is -2.07. The molecule has 0 amide bonds. The van der Waals surface area contributed by atoms with Gasteiger partial charge < -0.3 is 4.74 Å². The van der Waals surface area contributed by atoms with Gasteiger partial charge in [0, 0.05) is 26.6 Å². The molecule has 0 spiro atoms. The molecule has 2 nitrogen and oxygen atoms in total. The topological polar surface area (TPSA) is 26.3 Å². The van der Waals surface area contributed by atoms with Gasteiger partial charge in [0.25, 0.3) is 0 Å².